The second-order valence-corrected chi connectivity index (χ2v) is 3.28. The van der Waals surface area contributed by atoms with E-state index in [4.69, 9.17) is 4.79 Å². The maximum Gasteiger partial charge on any atom is 0.355 e. The minimum Gasteiger partial charge on any atom is -0.273 e. The molecule has 0 saturated heterocycles. The molecule has 0 aromatic carbocycles. The van der Waals surface area contributed by atoms with Crippen LogP contribution in [0.4, 0.5) is 0 Å². The summed E-state index contributed by atoms with van der Waals surface area (Å²) < 4.78 is 0. The van der Waals surface area contributed by atoms with Crippen molar-refractivity contribution in [3.05, 3.63) is 21.8 Å². The van der Waals surface area contributed by atoms with Gasteiger partial charge < -0.3 is 0 Å². The third kappa shape index (κ3) is 1.34. The van der Waals surface area contributed by atoms with Crippen molar-refractivity contribution in [1.29, 1.82) is 0 Å². The second-order valence-electron chi connectivity index (χ2n) is 1.71. The van der Waals surface area contributed by atoms with Crippen LogP contribution in [-0.2, 0) is 0 Å². The molecule has 0 aliphatic rings. The predicted molar refractivity (Wildman–Crippen MR) is 41.4 cm³/mol. The Morgan fingerprint density at radius 2 is 2.33 bits per heavy atom. The van der Waals surface area contributed by atoms with Crippen LogP contribution in [-0.4, -0.2) is 4.79 Å². The topological polar surface area (TPSA) is 21.4 Å². The lowest BCUT2D eigenvalue weighted by atomic mass is 10.4. The molecule has 0 amide bonds. The third-order valence-corrected chi connectivity index (χ3v) is 2.59. The zero-order valence-corrected chi connectivity index (χ0v) is 6.67. The summed E-state index contributed by atoms with van der Waals surface area (Å²) in [4.78, 5) is 10.8. The normalized spacial score (nSPS) is 9.56. The minimum atomic E-state index is 0.259. The van der Waals surface area contributed by atoms with Gasteiger partial charge in [0.15, 0.2) is 0 Å². The van der Waals surface area contributed by atoms with Crippen LogP contribution in [0.2, 0.25) is 0 Å². The summed E-state index contributed by atoms with van der Waals surface area (Å²) >= 11 is 5.64. The lowest BCUT2D eigenvalue weighted by Crippen LogP contribution is -2.01. The molecule has 0 aliphatic carbocycles. The van der Waals surface area contributed by atoms with Gasteiger partial charge in [-0.1, -0.05) is 0 Å². The Balaban J connectivity index is 3.43. The van der Waals surface area contributed by atoms with Crippen LogP contribution in [0, 0.1) is 6.92 Å². The van der Waals surface area contributed by atoms with Crippen LogP contribution >= 0.6 is 24.0 Å². The van der Waals surface area contributed by atoms with Gasteiger partial charge in [-0.25, -0.2) is 0 Å². The Bertz CT molecular complexity index is 264. The molecule has 1 nitrogen and oxygen atoms in total. The van der Waals surface area contributed by atoms with E-state index in [1.165, 1.54) is 0 Å². The van der Waals surface area contributed by atoms with Crippen molar-refractivity contribution in [2.75, 3.05) is 0 Å². The highest BCUT2D eigenvalue weighted by Gasteiger charge is 2.00. The molecule has 0 spiro atoms. The van der Waals surface area contributed by atoms with E-state index in [0.29, 0.717) is 4.90 Å². The summed E-state index contributed by atoms with van der Waals surface area (Å²) in [5.74, 6) is 0. The average molecular weight is 159 g/mol. The molecule has 1 aromatic heterocycles. The zero-order chi connectivity index (χ0) is 6.85. The third-order valence-electron chi connectivity index (χ3n) is 1.05. The van der Waals surface area contributed by atoms with Crippen LogP contribution in [0.3, 0.4) is 0 Å². The molecule has 0 bridgehead atoms. The van der Waals surface area contributed by atoms with Gasteiger partial charge in [0.2, 0.25) is 0 Å². The van der Waals surface area contributed by atoms with E-state index in [0.717, 1.165) is 4.88 Å². The van der Waals surface area contributed by atoms with Gasteiger partial charge in [0, 0.05) is 10.3 Å². The van der Waals surface area contributed by atoms with Crippen LogP contribution < -0.4 is 5.43 Å². The van der Waals surface area contributed by atoms with E-state index in [1.807, 2.05) is 12.3 Å². The van der Waals surface area contributed by atoms with Gasteiger partial charge in [0.05, 0.1) is 6.07 Å². The summed E-state index contributed by atoms with van der Waals surface area (Å²) in [6.45, 7) is 1.92. The van der Waals surface area contributed by atoms with E-state index in [2.05, 4.69) is 12.6 Å². The van der Waals surface area contributed by atoms with E-state index in [-0.39, 0.29) is 5.43 Å². The summed E-state index contributed by atoms with van der Waals surface area (Å²) in [7, 11) is 0. The number of thiol groups is 1. The first kappa shape index (κ1) is 6.83. The highest BCUT2D eigenvalue weighted by molar-refractivity contribution is 7.80. The van der Waals surface area contributed by atoms with Gasteiger partial charge >= 0.3 is 5.43 Å². The van der Waals surface area contributed by atoms with E-state index in [9.17, 15) is 0 Å². The Kier molecular flexibility index (Phi) is 1.93. The van der Waals surface area contributed by atoms with Gasteiger partial charge in [-0.3, -0.25) is 4.79 Å². The molecule has 9 heavy (non-hydrogen) atoms. The van der Waals surface area contributed by atoms with Crippen molar-refractivity contribution in [2.24, 2.45) is 0 Å². The van der Waals surface area contributed by atoms with Gasteiger partial charge in [-0.2, -0.15) is 0 Å². The fourth-order valence-electron chi connectivity index (χ4n) is 0.516. The van der Waals surface area contributed by atoms with Crippen LogP contribution in [0.5, 0.6) is 0 Å². The van der Waals surface area contributed by atoms with Crippen LogP contribution in [0.25, 0.3) is 0 Å². The molecule has 0 unspecified atom stereocenters. The average Bonchev–Trinajstić information content (AvgIpc) is 1.83. The SMILES string of the molecule is Cc1sccc(=[OH+])c1S. The van der Waals surface area contributed by atoms with Crippen molar-refractivity contribution >= 4 is 24.0 Å². The number of aryl methyl sites for hydroxylation is 1. The molecular formula is C6H7OS2+. The Labute approximate surface area is 62.8 Å². The molecule has 1 aromatic rings. The van der Waals surface area contributed by atoms with Gasteiger partial charge in [-0.15, -0.1) is 24.0 Å². The smallest absolute Gasteiger partial charge is 0.273 e. The molecular weight excluding hydrogens is 152 g/mol. The minimum absolute atomic E-state index is 0.259. The standard InChI is InChI=1S/C6H6OS2/c1-4-6(8)5(7)2-3-9-4/h2-3,8H,1H3/p+1. The first-order valence-electron chi connectivity index (χ1n) is 2.51. The van der Waals surface area contributed by atoms with Crippen molar-refractivity contribution in [2.45, 2.75) is 11.8 Å². The van der Waals surface area contributed by atoms with E-state index in [1.54, 1.807) is 17.4 Å². The highest BCUT2D eigenvalue weighted by Crippen LogP contribution is 2.10. The molecule has 1 heterocycles. The maximum atomic E-state index is 9.03. The predicted octanol–water partition coefficient (Wildman–Crippen LogP) is 1.35. The van der Waals surface area contributed by atoms with Crippen molar-refractivity contribution in [1.82, 2.24) is 0 Å². The van der Waals surface area contributed by atoms with Gasteiger partial charge in [0.25, 0.3) is 0 Å². The summed E-state index contributed by atoms with van der Waals surface area (Å²) in [6, 6.07) is 1.64. The van der Waals surface area contributed by atoms with E-state index >= 15 is 0 Å². The molecule has 0 fully saturated rings. The second kappa shape index (κ2) is 2.54. The fraction of sp³-hybridized carbons (Fsp3) is 0.167. The summed E-state index contributed by atoms with van der Waals surface area (Å²) in [5.41, 5.74) is 0.259. The molecule has 48 valence electrons. The molecule has 1 rings (SSSR count). The summed E-state index contributed by atoms with van der Waals surface area (Å²) in [6.07, 6.45) is 0. The van der Waals surface area contributed by atoms with Crippen LogP contribution in [0.15, 0.2) is 16.3 Å². The number of hydrogen-bond donors (Lipinski definition) is 1. The Morgan fingerprint density at radius 1 is 1.67 bits per heavy atom. The molecule has 1 N–H and O–H groups in total. The zero-order valence-electron chi connectivity index (χ0n) is 4.96. The molecule has 0 aliphatic heterocycles. The van der Waals surface area contributed by atoms with Crippen LogP contribution in [0.1, 0.15) is 4.88 Å². The maximum absolute atomic E-state index is 9.03. The monoisotopic (exact) mass is 159 g/mol. The summed E-state index contributed by atoms with van der Waals surface area (Å²) in [5, 5.41) is 1.84. The van der Waals surface area contributed by atoms with Crippen molar-refractivity contribution in [3.8, 4) is 0 Å². The molecule has 0 saturated carbocycles. The Morgan fingerprint density at radius 3 is 2.78 bits per heavy atom. The van der Waals surface area contributed by atoms with Gasteiger partial charge in [-0.05, 0) is 6.92 Å². The number of rotatable bonds is 0. The van der Waals surface area contributed by atoms with Crippen molar-refractivity contribution < 1.29 is 4.79 Å². The quantitative estimate of drug-likeness (QED) is 0.436. The highest BCUT2D eigenvalue weighted by atomic mass is 32.1. The lowest BCUT2D eigenvalue weighted by Gasteiger charge is -1.87. The van der Waals surface area contributed by atoms with Gasteiger partial charge in [0.1, 0.15) is 4.90 Å². The van der Waals surface area contributed by atoms with Crippen molar-refractivity contribution in [3.63, 3.8) is 0 Å². The fourth-order valence-corrected chi connectivity index (χ4v) is 1.37. The number of hydrogen-bond acceptors (Lipinski definition) is 2. The Hall–Kier alpha value is -0.280. The lowest BCUT2D eigenvalue weighted by molar-refractivity contribution is 0.562. The molecule has 0 radical (unpaired) electrons. The molecule has 3 heteroatoms. The van der Waals surface area contributed by atoms with E-state index < -0.39 is 0 Å². The molecule has 0 atom stereocenters. The first-order valence-corrected chi connectivity index (χ1v) is 3.84. The first-order chi connectivity index (χ1) is 4.22. The largest absolute Gasteiger partial charge is 0.355 e.